The van der Waals surface area contributed by atoms with Crippen LogP contribution in [0.15, 0.2) is 29.2 Å². The van der Waals surface area contributed by atoms with E-state index in [9.17, 15) is 8.42 Å². The molecule has 102 valence electrons. The molecule has 1 heterocycles. The van der Waals surface area contributed by atoms with Crippen LogP contribution < -0.4 is 5.32 Å². The first kappa shape index (κ1) is 11.9. The summed E-state index contributed by atoms with van der Waals surface area (Å²) < 4.78 is 24.2. The number of fused-ring (bicyclic) bond motifs is 1. The number of rotatable bonds is 4. The van der Waals surface area contributed by atoms with Gasteiger partial charge in [-0.1, -0.05) is 18.2 Å². The number of hydrogen-bond donors (Lipinski definition) is 1. The van der Waals surface area contributed by atoms with E-state index in [0.29, 0.717) is 10.3 Å². The van der Waals surface area contributed by atoms with E-state index in [1.54, 1.807) is 6.07 Å². The molecule has 1 N–H and O–H groups in total. The Morgan fingerprint density at radius 1 is 1.21 bits per heavy atom. The summed E-state index contributed by atoms with van der Waals surface area (Å²) >= 11 is 0. The topological polar surface area (TPSA) is 46.2 Å². The van der Waals surface area contributed by atoms with Crippen molar-refractivity contribution in [2.24, 2.45) is 11.3 Å². The molecule has 0 bridgehead atoms. The molecular formula is C15H19NO2S. The van der Waals surface area contributed by atoms with Crippen LogP contribution in [0.25, 0.3) is 0 Å². The molecule has 1 aromatic carbocycles. The third kappa shape index (κ3) is 1.93. The van der Waals surface area contributed by atoms with Gasteiger partial charge in [-0.05, 0) is 48.6 Å². The molecule has 1 aliphatic heterocycles. The summed E-state index contributed by atoms with van der Waals surface area (Å²) in [5.41, 5.74) is 1.48. The average molecular weight is 277 g/mol. The van der Waals surface area contributed by atoms with Gasteiger partial charge < -0.3 is 5.32 Å². The minimum atomic E-state index is -3.07. The second kappa shape index (κ2) is 3.83. The Morgan fingerprint density at radius 3 is 2.63 bits per heavy atom. The molecule has 0 radical (unpaired) electrons. The van der Waals surface area contributed by atoms with Gasteiger partial charge >= 0.3 is 0 Å². The summed E-state index contributed by atoms with van der Waals surface area (Å²) in [5.74, 6) is 1.14. The van der Waals surface area contributed by atoms with E-state index in [-0.39, 0.29) is 11.8 Å². The Kier molecular flexibility index (Phi) is 2.40. The van der Waals surface area contributed by atoms with Crippen LogP contribution in [0, 0.1) is 11.3 Å². The van der Waals surface area contributed by atoms with Crippen LogP contribution in [0.2, 0.25) is 0 Å². The summed E-state index contributed by atoms with van der Waals surface area (Å²) in [6.07, 6.45) is 5.40. The third-order valence-corrected chi connectivity index (χ3v) is 6.87. The summed E-state index contributed by atoms with van der Waals surface area (Å²) in [6.45, 7) is 0.992. The van der Waals surface area contributed by atoms with Gasteiger partial charge in [-0.2, -0.15) is 0 Å². The molecule has 4 heteroatoms. The first-order chi connectivity index (χ1) is 9.11. The zero-order valence-corrected chi connectivity index (χ0v) is 11.7. The van der Waals surface area contributed by atoms with E-state index in [0.717, 1.165) is 18.0 Å². The zero-order valence-electron chi connectivity index (χ0n) is 10.9. The molecule has 0 aromatic heterocycles. The highest BCUT2D eigenvalue weighted by molar-refractivity contribution is 7.91. The minimum Gasteiger partial charge on any atom is -0.308 e. The van der Waals surface area contributed by atoms with E-state index in [4.69, 9.17) is 0 Å². The van der Waals surface area contributed by atoms with Crippen molar-refractivity contribution in [2.45, 2.75) is 36.6 Å². The second-order valence-electron chi connectivity index (χ2n) is 6.39. The Bertz CT molecular complexity index is 615. The first-order valence-electron chi connectivity index (χ1n) is 7.16. The van der Waals surface area contributed by atoms with Gasteiger partial charge in [0, 0.05) is 12.6 Å². The lowest BCUT2D eigenvalue weighted by atomic mass is 9.99. The van der Waals surface area contributed by atoms with Gasteiger partial charge in [-0.15, -0.1) is 0 Å². The fourth-order valence-electron chi connectivity index (χ4n) is 3.53. The maximum absolute atomic E-state index is 12.1. The van der Waals surface area contributed by atoms with E-state index >= 15 is 0 Å². The second-order valence-corrected chi connectivity index (χ2v) is 8.39. The van der Waals surface area contributed by atoms with Gasteiger partial charge in [-0.3, -0.25) is 0 Å². The lowest BCUT2D eigenvalue weighted by Gasteiger charge is -2.19. The van der Waals surface area contributed by atoms with Gasteiger partial charge in [0.15, 0.2) is 9.84 Å². The summed E-state index contributed by atoms with van der Waals surface area (Å²) in [5, 5.41) is 3.54. The quantitative estimate of drug-likeness (QED) is 0.918. The van der Waals surface area contributed by atoms with Crippen LogP contribution in [-0.4, -0.2) is 20.7 Å². The van der Waals surface area contributed by atoms with Crippen molar-refractivity contribution in [2.75, 3.05) is 12.3 Å². The molecular weight excluding hydrogens is 258 g/mol. The Balaban J connectivity index is 1.54. The monoisotopic (exact) mass is 277 g/mol. The lowest BCUT2D eigenvalue weighted by molar-refractivity contribution is 0.383. The van der Waals surface area contributed by atoms with Crippen LogP contribution in [0.1, 0.15) is 37.3 Å². The smallest absolute Gasteiger partial charge is 0.180 e. The van der Waals surface area contributed by atoms with Gasteiger partial charge in [0.05, 0.1) is 10.6 Å². The number of sulfone groups is 1. The maximum Gasteiger partial charge on any atom is 0.180 e. The van der Waals surface area contributed by atoms with Crippen LogP contribution in [0.5, 0.6) is 0 Å². The van der Waals surface area contributed by atoms with Crippen molar-refractivity contribution >= 4 is 9.84 Å². The van der Waals surface area contributed by atoms with Crippen molar-refractivity contribution in [3.8, 4) is 0 Å². The van der Waals surface area contributed by atoms with Crippen LogP contribution in [0.3, 0.4) is 0 Å². The van der Waals surface area contributed by atoms with Gasteiger partial charge in [0.25, 0.3) is 0 Å². The average Bonchev–Trinajstić information content (AvgIpc) is 3.25. The van der Waals surface area contributed by atoms with Crippen molar-refractivity contribution < 1.29 is 8.42 Å². The molecule has 2 saturated carbocycles. The molecule has 2 fully saturated rings. The molecule has 0 saturated heterocycles. The molecule has 1 aromatic rings. The molecule has 19 heavy (non-hydrogen) atoms. The standard InChI is InChI=1S/C15H19NO2S/c17-19(18)9-13(12-3-1-2-4-14(12)19)16-10-15(7-8-15)11-5-6-11/h1-4,11,13,16H,5-10H2. The normalized spacial score (nSPS) is 30.0. The van der Waals surface area contributed by atoms with Crippen LogP contribution >= 0.6 is 0 Å². The van der Waals surface area contributed by atoms with Crippen molar-refractivity contribution in [3.05, 3.63) is 29.8 Å². The van der Waals surface area contributed by atoms with Crippen molar-refractivity contribution in [1.82, 2.24) is 5.32 Å². The van der Waals surface area contributed by atoms with E-state index in [1.165, 1.54) is 25.7 Å². The highest BCUT2D eigenvalue weighted by Crippen LogP contribution is 2.61. The highest BCUT2D eigenvalue weighted by atomic mass is 32.2. The number of nitrogens with one attached hydrogen (secondary N) is 1. The summed E-state index contributed by atoms with van der Waals surface area (Å²) in [7, 11) is -3.07. The maximum atomic E-state index is 12.1. The molecule has 1 unspecified atom stereocenters. The van der Waals surface area contributed by atoms with Gasteiger partial charge in [0.2, 0.25) is 0 Å². The molecule has 3 nitrogen and oxygen atoms in total. The molecule has 3 aliphatic rings. The molecule has 0 amide bonds. The zero-order chi connectivity index (χ0) is 13.1. The fraction of sp³-hybridized carbons (Fsp3) is 0.600. The third-order valence-electron chi connectivity index (χ3n) is 5.05. The van der Waals surface area contributed by atoms with Crippen molar-refractivity contribution in [3.63, 3.8) is 0 Å². The fourth-order valence-corrected chi connectivity index (χ4v) is 5.30. The van der Waals surface area contributed by atoms with Crippen LogP contribution in [0.4, 0.5) is 0 Å². The number of benzene rings is 1. The lowest BCUT2D eigenvalue weighted by Crippen LogP contribution is -2.30. The predicted octanol–water partition coefficient (Wildman–Crippen LogP) is 2.29. The molecule has 4 rings (SSSR count). The Hall–Kier alpha value is -0.870. The number of hydrogen-bond acceptors (Lipinski definition) is 3. The Labute approximate surface area is 114 Å². The first-order valence-corrected chi connectivity index (χ1v) is 8.81. The van der Waals surface area contributed by atoms with Gasteiger partial charge in [-0.25, -0.2) is 8.42 Å². The largest absolute Gasteiger partial charge is 0.308 e. The van der Waals surface area contributed by atoms with E-state index in [1.807, 2.05) is 18.2 Å². The predicted molar refractivity (Wildman–Crippen MR) is 73.6 cm³/mol. The molecule has 0 spiro atoms. The minimum absolute atomic E-state index is 0.00238. The van der Waals surface area contributed by atoms with Crippen molar-refractivity contribution in [1.29, 1.82) is 0 Å². The SMILES string of the molecule is O=S1(=O)CC(NCC2(C3CC3)CC2)c2ccccc21. The van der Waals surface area contributed by atoms with E-state index < -0.39 is 9.84 Å². The summed E-state index contributed by atoms with van der Waals surface area (Å²) in [4.78, 5) is 0.531. The van der Waals surface area contributed by atoms with E-state index in [2.05, 4.69) is 5.32 Å². The van der Waals surface area contributed by atoms with Gasteiger partial charge in [0.1, 0.15) is 0 Å². The van der Waals surface area contributed by atoms with Crippen LogP contribution in [-0.2, 0) is 9.84 Å². The highest BCUT2D eigenvalue weighted by Gasteiger charge is 2.53. The summed E-state index contributed by atoms with van der Waals surface area (Å²) in [6, 6.07) is 7.43. The Morgan fingerprint density at radius 2 is 1.95 bits per heavy atom. The molecule has 2 aliphatic carbocycles. The molecule has 1 atom stereocenters.